The normalized spacial score (nSPS) is 11.2. The Bertz CT molecular complexity index is 460. The number of hydrogen-bond acceptors (Lipinski definition) is 5. The maximum absolute atomic E-state index is 12.0. The van der Waals surface area contributed by atoms with E-state index < -0.39 is 0 Å². The molecule has 0 fully saturated rings. The van der Waals surface area contributed by atoms with E-state index in [0.717, 1.165) is 5.01 Å². The standard InChI is InChI=1S/C12H18N2O3S/c1-7-13-10(11(16)14-12(2,3)4)8(18-7)6-9(15)17-5/h6H2,1-5H3,(H,14,16). The van der Waals surface area contributed by atoms with E-state index >= 15 is 0 Å². The van der Waals surface area contributed by atoms with E-state index in [2.05, 4.69) is 15.0 Å². The molecule has 0 aliphatic rings. The molecular formula is C12H18N2O3S. The Morgan fingerprint density at radius 2 is 2.00 bits per heavy atom. The van der Waals surface area contributed by atoms with E-state index in [1.807, 2.05) is 20.8 Å². The highest BCUT2D eigenvalue weighted by Gasteiger charge is 2.22. The molecule has 1 N–H and O–H groups in total. The van der Waals surface area contributed by atoms with Crippen molar-refractivity contribution >= 4 is 23.2 Å². The summed E-state index contributed by atoms with van der Waals surface area (Å²) in [5.41, 5.74) is -0.0187. The molecule has 0 saturated heterocycles. The van der Waals surface area contributed by atoms with Crippen molar-refractivity contribution in [2.24, 2.45) is 0 Å². The molecule has 100 valence electrons. The predicted octanol–water partition coefficient (Wildman–Crippen LogP) is 1.70. The minimum atomic E-state index is -0.372. The third-order valence-electron chi connectivity index (χ3n) is 2.04. The summed E-state index contributed by atoms with van der Waals surface area (Å²) < 4.78 is 4.61. The van der Waals surface area contributed by atoms with E-state index in [1.54, 1.807) is 6.92 Å². The maximum atomic E-state index is 12.0. The van der Waals surface area contributed by atoms with Crippen LogP contribution in [0.1, 0.15) is 41.1 Å². The van der Waals surface area contributed by atoms with Crippen molar-refractivity contribution < 1.29 is 14.3 Å². The number of aromatic nitrogens is 1. The number of ether oxygens (including phenoxy) is 1. The Kier molecular flexibility index (Phi) is 4.45. The van der Waals surface area contributed by atoms with Gasteiger partial charge in [-0.25, -0.2) is 4.98 Å². The number of amides is 1. The Hall–Kier alpha value is -1.43. The minimum Gasteiger partial charge on any atom is -0.469 e. The Morgan fingerprint density at radius 1 is 1.39 bits per heavy atom. The molecule has 0 aliphatic carbocycles. The van der Waals surface area contributed by atoms with Crippen molar-refractivity contribution in [1.82, 2.24) is 10.3 Å². The monoisotopic (exact) mass is 270 g/mol. The lowest BCUT2D eigenvalue weighted by Crippen LogP contribution is -2.41. The number of carbonyl (C=O) groups excluding carboxylic acids is 2. The van der Waals surface area contributed by atoms with Crippen molar-refractivity contribution in [1.29, 1.82) is 0 Å². The lowest BCUT2D eigenvalue weighted by molar-refractivity contribution is -0.139. The van der Waals surface area contributed by atoms with Gasteiger partial charge in [-0.15, -0.1) is 11.3 Å². The first-order valence-corrected chi connectivity index (χ1v) is 6.40. The van der Waals surface area contributed by atoms with Crippen LogP contribution < -0.4 is 5.32 Å². The molecule has 1 rings (SSSR count). The number of thiazole rings is 1. The Balaban J connectivity index is 2.94. The summed E-state index contributed by atoms with van der Waals surface area (Å²) in [7, 11) is 1.32. The van der Waals surface area contributed by atoms with Crippen molar-refractivity contribution in [3.8, 4) is 0 Å². The van der Waals surface area contributed by atoms with E-state index in [-0.39, 0.29) is 23.8 Å². The minimum absolute atomic E-state index is 0.0783. The average Bonchev–Trinajstić information content (AvgIpc) is 2.56. The third kappa shape index (κ3) is 4.10. The van der Waals surface area contributed by atoms with Crippen molar-refractivity contribution in [2.75, 3.05) is 7.11 Å². The summed E-state index contributed by atoms with van der Waals surface area (Å²) in [6, 6.07) is 0. The number of nitrogens with one attached hydrogen (secondary N) is 1. The molecule has 0 spiro atoms. The molecule has 5 nitrogen and oxygen atoms in total. The first-order valence-electron chi connectivity index (χ1n) is 5.58. The SMILES string of the molecule is COC(=O)Cc1sc(C)nc1C(=O)NC(C)(C)C. The molecule has 1 amide bonds. The zero-order chi connectivity index (χ0) is 13.9. The van der Waals surface area contributed by atoms with Crippen LogP contribution in [0.5, 0.6) is 0 Å². The van der Waals surface area contributed by atoms with E-state index in [1.165, 1.54) is 18.4 Å². The predicted molar refractivity (Wildman–Crippen MR) is 69.8 cm³/mol. The molecule has 1 aromatic heterocycles. The van der Waals surface area contributed by atoms with Gasteiger partial charge in [-0.2, -0.15) is 0 Å². The van der Waals surface area contributed by atoms with Gasteiger partial charge in [-0.3, -0.25) is 9.59 Å². The topological polar surface area (TPSA) is 68.3 Å². The van der Waals surface area contributed by atoms with Gasteiger partial charge in [-0.05, 0) is 27.7 Å². The zero-order valence-corrected chi connectivity index (χ0v) is 12.1. The van der Waals surface area contributed by atoms with Crippen LogP contribution in [0, 0.1) is 6.92 Å². The van der Waals surface area contributed by atoms with Crippen molar-refractivity contribution in [3.05, 3.63) is 15.6 Å². The molecule has 0 aromatic carbocycles. The van der Waals surface area contributed by atoms with Gasteiger partial charge < -0.3 is 10.1 Å². The largest absolute Gasteiger partial charge is 0.469 e. The molecule has 0 saturated carbocycles. The molecule has 1 aromatic rings. The Labute approximate surface area is 111 Å². The van der Waals surface area contributed by atoms with Crippen LogP contribution in [0.3, 0.4) is 0 Å². The van der Waals surface area contributed by atoms with Crippen LogP contribution in [0.4, 0.5) is 0 Å². The lowest BCUT2D eigenvalue weighted by Gasteiger charge is -2.20. The Morgan fingerprint density at radius 3 is 2.50 bits per heavy atom. The van der Waals surface area contributed by atoms with Gasteiger partial charge in [0.05, 0.1) is 18.5 Å². The summed E-state index contributed by atoms with van der Waals surface area (Å²) in [6.07, 6.45) is 0.0783. The quantitative estimate of drug-likeness (QED) is 0.849. The van der Waals surface area contributed by atoms with Crippen LogP contribution in [0.25, 0.3) is 0 Å². The van der Waals surface area contributed by atoms with E-state index in [9.17, 15) is 9.59 Å². The fourth-order valence-corrected chi connectivity index (χ4v) is 2.29. The highest BCUT2D eigenvalue weighted by Crippen LogP contribution is 2.19. The second-order valence-electron chi connectivity index (χ2n) is 4.96. The molecule has 0 bridgehead atoms. The lowest BCUT2D eigenvalue weighted by atomic mass is 10.1. The second-order valence-corrected chi connectivity index (χ2v) is 6.25. The number of hydrogen-bond donors (Lipinski definition) is 1. The number of esters is 1. The molecule has 0 atom stereocenters. The summed E-state index contributed by atoms with van der Waals surface area (Å²) >= 11 is 1.34. The number of nitrogens with zero attached hydrogens (tertiary/aromatic N) is 1. The molecule has 18 heavy (non-hydrogen) atoms. The average molecular weight is 270 g/mol. The third-order valence-corrected chi connectivity index (χ3v) is 3.01. The van der Waals surface area contributed by atoms with Crippen molar-refractivity contribution in [2.45, 2.75) is 39.7 Å². The molecule has 0 unspecified atom stereocenters. The second kappa shape index (κ2) is 5.48. The summed E-state index contributed by atoms with van der Waals surface area (Å²) in [5, 5.41) is 3.59. The fourth-order valence-electron chi connectivity index (χ4n) is 1.37. The number of methoxy groups -OCH3 is 1. The van der Waals surface area contributed by atoms with Crippen LogP contribution in [-0.4, -0.2) is 29.5 Å². The molecule has 0 aliphatic heterocycles. The fraction of sp³-hybridized carbons (Fsp3) is 0.583. The molecule has 1 heterocycles. The van der Waals surface area contributed by atoms with Crippen LogP contribution in [0.2, 0.25) is 0 Å². The first-order chi connectivity index (χ1) is 8.23. The van der Waals surface area contributed by atoms with Gasteiger partial charge in [0.25, 0.3) is 5.91 Å². The first kappa shape index (κ1) is 14.6. The molecule has 6 heteroatoms. The van der Waals surface area contributed by atoms with Gasteiger partial charge >= 0.3 is 5.97 Å². The van der Waals surface area contributed by atoms with Gasteiger partial charge in [0.2, 0.25) is 0 Å². The summed E-state index contributed by atoms with van der Waals surface area (Å²) in [4.78, 5) is 28.1. The number of rotatable bonds is 3. The zero-order valence-electron chi connectivity index (χ0n) is 11.3. The highest BCUT2D eigenvalue weighted by molar-refractivity contribution is 7.12. The molecular weight excluding hydrogens is 252 g/mol. The number of carbonyl (C=O) groups is 2. The van der Waals surface area contributed by atoms with Crippen molar-refractivity contribution in [3.63, 3.8) is 0 Å². The van der Waals surface area contributed by atoms with Crippen LogP contribution >= 0.6 is 11.3 Å². The maximum Gasteiger partial charge on any atom is 0.310 e. The van der Waals surface area contributed by atoms with Gasteiger partial charge in [0.1, 0.15) is 5.69 Å². The van der Waals surface area contributed by atoms with Crippen LogP contribution in [0.15, 0.2) is 0 Å². The highest BCUT2D eigenvalue weighted by atomic mass is 32.1. The van der Waals surface area contributed by atoms with Gasteiger partial charge in [0.15, 0.2) is 0 Å². The number of aryl methyl sites for hydroxylation is 1. The summed E-state index contributed by atoms with van der Waals surface area (Å²) in [5.74, 6) is -0.630. The van der Waals surface area contributed by atoms with E-state index in [4.69, 9.17) is 0 Å². The summed E-state index contributed by atoms with van der Waals surface area (Å²) in [6.45, 7) is 7.48. The molecule has 0 radical (unpaired) electrons. The van der Waals surface area contributed by atoms with E-state index in [0.29, 0.717) is 10.6 Å². The van der Waals surface area contributed by atoms with Gasteiger partial charge in [-0.1, -0.05) is 0 Å². The van der Waals surface area contributed by atoms with Crippen LogP contribution in [-0.2, 0) is 16.0 Å². The smallest absolute Gasteiger partial charge is 0.310 e. The van der Waals surface area contributed by atoms with Gasteiger partial charge in [0, 0.05) is 10.4 Å².